The van der Waals surface area contributed by atoms with Crippen molar-refractivity contribution in [3.8, 4) is 0 Å². The van der Waals surface area contributed by atoms with E-state index in [1.54, 1.807) is 4.90 Å². The summed E-state index contributed by atoms with van der Waals surface area (Å²) in [6.07, 6.45) is 1.17. The van der Waals surface area contributed by atoms with Gasteiger partial charge in [0.25, 0.3) is 0 Å². The van der Waals surface area contributed by atoms with Gasteiger partial charge in [-0.05, 0) is 30.5 Å². The van der Waals surface area contributed by atoms with Gasteiger partial charge in [-0.15, -0.1) is 0 Å². The smallest absolute Gasteiger partial charge is 0.246 e. The van der Waals surface area contributed by atoms with Crippen LogP contribution in [0, 0.1) is 6.92 Å². The average molecular weight is 308 g/mol. The molecule has 4 nitrogen and oxygen atoms in total. The Morgan fingerprint density at radius 2 is 1.83 bits per heavy atom. The van der Waals surface area contributed by atoms with Gasteiger partial charge in [0.1, 0.15) is 0 Å². The predicted molar refractivity (Wildman–Crippen MR) is 90.4 cm³/mol. The topological polar surface area (TPSA) is 49.4 Å². The Kier molecular flexibility index (Phi) is 4.42. The van der Waals surface area contributed by atoms with Crippen LogP contribution in [0.4, 0.5) is 5.69 Å². The molecule has 2 amide bonds. The van der Waals surface area contributed by atoms with Crippen molar-refractivity contribution in [2.45, 2.75) is 19.8 Å². The largest absolute Gasteiger partial charge is 0.347 e. The van der Waals surface area contributed by atoms with Crippen LogP contribution in [0.2, 0.25) is 0 Å². The number of para-hydroxylation sites is 1. The zero-order valence-corrected chi connectivity index (χ0v) is 13.2. The van der Waals surface area contributed by atoms with Crippen LogP contribution in [0.15, 0.2) is 48.5 Å². The van der Waals surface area contributed by atoms with E-state index in [2.05, 4.69) is 5.32 Å². The summed E-state index contributed by atoms with van der Waals surface area (Å²) in [5.74, 6) is -0.193. The van der Waals surface area contributed by atoms with Crippen LogP contribution < -0.4 is 10.2 Å². The molecule has 0 bridgehead atoms. The molecule has 0 atom stereocenters. The maximum Gasteiger partial charge on any atom is 0.246 e. The van der Waals surface area contributed by atoms with Crippen molar-refractivity contribution in [2.24, 2.45) is 0 Å². The molecule has 0 saturated carbocycles. The van der Waals surface area contributed by atoms with Crippen molar-refractivity contribution in [2.75, 3.05) is 18.0 Å². The number of nitrogens with one attached hydrogen (secondary N) is 1. The Hall–Kier alpha value is -2.62. The maximum atomic E-state index is 12.3. The van der Waals surface area contributed by atoms with Gasteiger partial charge in [0.05, 0.1) is 13.0 Å². The molecular formula is C19H20N2O2. The van der Waals surface area contributed by atoms with Crippen molar-refractivity contribution in [3.63, 3.8) is 0 Å². The molecule has 0 unspecified atom stereocenters. The summed E-state index contributed by atoms with van der Waals surface area (Å²) in [7, 11) is 0. The normalized spacial score (nSPS) is 12.8. The first-order chi connectivity index (χ1) is 11.1. The lowest BCUT2D eigenvalue weighted by Crippen LogP contribution is -2.39. The third kappa shape index (κ3) is 3.59. The van der Waals surface area contributed by atoms with Gasteiger partial charge in [0.2, 0.25) is 11.8 Å². The fourth-order valence-corrected chi connectivity index (χ4v) is 2.82. The zero-order valence-electron chi connectivity index (χ0n) is 13.2. The van der Waals surface area contributed by atoms with Gasteiger partial charge < -0.3 is 10.2 Å². The fourth-order valence-electron chi connectivity index (χ4n) is 2.82. The van der Waals surface area contributed by atoms with Crippen LogP contribution in [0.5, 0.6) is 0 Å². The number of hydrogen-bond acceptors (Lipinski definition) is 2. The number of rotatable bonds is 4. The molecule has 1 aliphatic heterocycles. The summed E-state index contributed by atoms with van der Waals surface area (Å²) in [6, 6.07) is 15.7. The van der Waals surface area contributed by atoms with Gasteiger partial charge in [-0.3, -0.25) is 9.59 Å². The summed E-state index contributed by atoms with van der Waals surface area (Å²) in [6.45, 7) is 2.74. The van der Waals surface area contributed by atoms with Crippen LogP contribution >= 0.6 is 0 Å². The van der Waals surface area contributed by atoms with Gasteiger partial charge in [0.15, 0.2) is 0 Å². The minimum absolute atomic E-state index is 0.0407. The van der Waals surface area contributed by atoms with Crippen LogP contribution in [-0.4, -0.2) is 24.9 Å². The Morgan fingerprint density at radius 1 is 1.09 bits per heavy atom. The van der Waals surface area contributed by atoms with E-state index in [0.717, 1.165) is 23.2 Å². The molecule has 4 heteroatoms. The monoisotopic (exact) mass is 308 g/mol. The van der Waals surface area contributed by atoms with Gasteiger partial charge in [-0.25, -0.2) is 0 Å². The second kappa shape index (κ2) is 6.65. The molecule has 3 rings (SSSR count). The molecule has 0 radical (unpaired) electrons. The highest BCUT2D eigenvalue weighted by Gasteiger charge is 2.23. The summed E-state index contributed by atoms with van der Waals surface area (Å²) >= 11 is 0. The quantitative estimate of drug-likeness (QED) is 0.942. The molecule has 0 saturated heterocycles. The Balaban J connectivity index is 1.53. The molecule has 1 heterocycles. The third-order valence-corrected chi connectivity index (χ3v) is 4.11. The molecule has 118 valence electrons. The number of benzene rings is 2. The summed E-state index contributed by atoms with van der Waals surface area (Å²) < 4.78 is 0. The van der Waals surface area contributed by atoms with Crippen LogP contribution in [0.1, 0.15) is 16.7 Å². The first-order valence-corrected chi connectivity index (χ1v) is 7.84. The summed E-state index contributed by atoms with van der Waals surface area (Å²) in [5.41, 5.74) is 4.27. The predicted octanol–water partition coefficient (Wildman–Crippen LogP) is 2.24. The Labute approximate surface area is 136 Å². The number of nitrogens with zero attached hydrogens (tertiary/aromatic N) is 1. The molecule has 2 aromatic carbocycles. The number of carbonyl (C=O) groups is 2. The first kappa shape index (κ1) is 15.3. The van der Waals surface area contributed by atoms with Gasteiger partial charge in [-0.2, -0.15) is 0 Å². The lowest BCUT2D eigenvalue weighted by molar-refractivity contribution is -0.124. The standard InChI is InChI=1S/C19H20N2O2/c1-14-6-8-15(9-7-14)12-18(22)20-13-19(23)21-11-10-16-4-2-3-5-17(16)21/h2-9H,10-13H2,1H3,(H,20,22). The number of fused-ring (bicyclic) bond motifs is 1. The van der Waals surface area contributed by atoms with Crippen molar-refractivity contribution in [1.82, 2.24) is 5.32 Å². The van der Waals surface area contributed by atoms with Gasteiger partial charge in [-0.1, -0.05) is 48.0 Å². The lowest BCUT2D eigenvalue weighted by atomic mass is 10.1. The molecular weight excluding hydrogens is 288 g/mol. The second-order valence-corrected chi connectivity index (χ2v) is 5.86. The highest BCUT2D eigenvalue weighted by Crippen LogP contribution is 2.27. The van der Waals surface area contributed by atoms with Crippen molar-refractivity contribution >= 4 is 17.5 Å². The SMILES string of the molecule is Cc1ccc(CC(=O)NCC(=O)N2CCc3ccccc32)cc1. The van der Waals surface area contributed by atoms with Gasteiger partial charge in [0, 0.05) is 12.2 Å². The van der Waals surface area contributed by atoms with E-state index < -0.39 is 0 Å². The number of anilines is 1. The van der Waals surface area contributed by atoms with Crippen molar-refractivity contribution in [1.29, 1.82) is 0 Å². The van der Waals surface area contributed by atoms with Crippen molar-refractivity contribution in [3.05, 3.63) is 65.2 Å². The van der Waals surface area contributed by atoms with E-state index >= 15 is 0 Å². The van der Waals surface area contributed by atoms with E-state index in [-0.39, 0.29) is 18.4 Å². The highest BCUT2D eigenvalue weighted by molar-refractivity contribution is 5.98. The molecule has 0 spiro atoms. The molecule has 0 aliphatic carbocycles. The summed E-state index contributed by atoms with van der Waals surface area (Å²) in [5, 5.41) is 2.72. The van der Waals surface area contributed by atoms with Crippen LogP contribution in [-0.2, 0) is 22.4 Å². The van der Waals surface area contributed by atoms with Crippen LogP contribution in [0.25, 0.3) is 0 Å². The Bertz CT molecular complexity index is 722. The molecule has 1 N–H and O–H groups in total. The summed E-state index contributed by atoms with van der Waals surface area (Å²) in [4.78, 5) is 26.1. The van der Waals surface area contributed by atoms with E-state index in [4.69, 9.17) is 0 Å². The van der Waals surface area contributed by atoms with E-state index in [1.807, 2.05) is 55.5 Å². The fraction of sp³-hybridized carbons (Fsp3) is 0.263. The molecule has 23 heavy (non-hydrogen) atoms. The van der Waals surface area contributed by atoms with Crippen molar-refractivity contribution < 1.29 is 9.59 Å². The third-order valence-electron chi connectivity index (χ3n) is 4.11. The molecule has 0 fully saturated rings. The maximum absolute atomic E-state index is 12.3. The van der Waals surface area contributed by atoms with Crippen LogP contribution in [0.3, 0.4) is 0 Å². The zero-order chi connectivity index (χ0) is 16.2. The van der Waals surface area contributed by atoms with E-state index in [9.17, 15) is 9.59 Å². The number of carbonyl (C=O) groups excluding carboxylic acids is 2. The van der Waals surface area contributed by atoms with E-state index in [1.165, 1.54) is 5.56 Å². The highest BCUT2D eigenvalue weighted by atomic mass is 16.2. The second-order valence-electron chi connectivity index (χ2n) is 5.86. The minimum atomic E-state index is -0.130. The van der Waals surface area contributed by atoms with E-state index in [0.29, 0.717) is 13.0 Å². The minimum Gasteiger partial charge on any atom is -0.347 e. The number of aryl methyl sites for hydroxylation is 1. The molecule has 1 aliphatic rings. The average Bonchev–Trinajstić information content (AvgIpc) is 2.99. The number of hydrogen-bond donors (Lipinski definition) is 1. The Morgan fingerprint density at radius 3 is 2.61 bits per heavy atom. The first-order valence-electron chi connectivity index (χ1n) is 7.84. The molecule has 2 aromatic rings. The number of amides is 2. The lowest BCUT2D eigenvalue weighted by Gasteiger charge is -2.17. The van der Waals surface area contributed by atoms with Gasteiger partial charge >= 0.3 is 0 Å². The molecule has 0 aromatic heterocycles.